The van der Waals surface area contributed by atoms with E-state index in [2.05, 4.69) is 15.3 Å². The lowest BCUT2D eigenvalue weighted by molar-refractivity contribution is -0.122. The summed E-state index contributed by atoms with van der Waals surface area (Å²) in [5.74, 6) is -0.238. The van der Waals surface area contributed by atoms with E-state index in [1.54, 1.807) is 6.92 Å². The molecule has 1 atom stereocenters. The van der Waals surface area contributed by atoms with Gasteiger partial charge in [-0.3, -0.25) is 4.79 Å². The molecule has 62 valence electrons. The molecule has 0 aromatic rings. The lowest BCUT2D eigenvalue weighted by atomic mass is 10.3. The highest BCUT2D eigenvalue weighted by molar-refractivity contribution is 5.81. The third-order valence-electron chi connectivity index (χ3n) is 1.04. The zero-order valence-corrected chi connectivity index (χ0v) is 6.90. The van der Waals surface area contributed by atoms with Crippen molar-refractivity contribution in [3.8, 4) is 0 Å². The maximum absolute atomic E-state index is 11.0. The first-order valence-corrected chi connectivity index (χ1v) is 3.42. The molecule has 0 rings (SSSR count). The third-order valence-corrected chi connectivity index (χ3v) is 1.04. The largest absolute Gasteiger partial charge is 0.354 e. The van der Waals surface area contributed by atoms with Gasteiger partial charge in [-0.05, 0) is 26.3 Å². The zero-order chi connectivity index (χ0) is 8.85. The van der Waals surface area contributed by atoms with Crippen molar-refractivity contribution in [1.82, 2.24) is 5.32 Å². The van der Waals surface area contributed by atoms with Crippen LogP contribution in [0.5, 0.6) is 0 Å². The van der Waals surface area contributed by atoms with Gasteiger partial charge in [0.1, 0.15) is 6.04 Å². The van der Waals surface area contributed by atoms with Gasteiger partial charge in [0.05, 0.1) is 0 Å². The topological polar surface area (TPSA) is 77.9 Å². The molecule has 1 N–H and O–H groups in total. The first-order valence-electron chi connectivity index (χ1n) is 3.42. The van der Waals surface area contributed by atoms with Gasteiger partial charge in [0, 0.05) is 11.0 Å². The van der Waals surface area contributed by atoms with Gasteiger partial charge in [-0.15, -0.1) is 0 Å². The van der Waals surface area contributed by atoms with Crippen molar-refractivity contribution < 1.29 is 4.79 Å². The number of carbonyl (C=O) groups excluding carboxylic acids is 1. The molecular weight excluding hydrogens is 144 g/mol. The van der Waals surface area contributed by atoms with Crippen LogP contribution in [0.3, 0.4) is 0 Å². The van der Waals surface area contributed by atoms with E-state index in [-0.39, 0.29) is 11.9 Å². The average molecular weight is 156 g/mol. The maximum Gasteiger partial charge on any atom is 0.228 e. The van der Waals surface area contributed by atoms with E-state index in [1.807, 2.05) is 13.8 Å². The highest BCUT2D eigenvalue weighted by Gasteiger charge is 2.10. The normalized spacial score (nSPS) is 12.0. The molecule has 0 aromatic heterocycles. The fourth-order valence-electron chi connectivity index (χ4n) is 0.535. The predicted octanol–water partition coefficient (Wildman–Crippen LogP) is 1.21. The molecule has 0 saturated heterocycles. The van der Waals surface area contributed by atoms with Crippen LogP contribution in [0.25, 0.3) is 10.4 Å². The minimum Gasteiger partial charge on any atom is -0.354 e. The summed E-state index contributed by atoms with van der Waals surface area (Å²) in [7, 11) is 0. The molecule has 0 saturated carbocycles. The SMILES string of the molecule is CC(C)NC(=O)C(C)N=[N+]=[N-]. The van der Waals surface area contributed by atoms with Gasteiger partial charge < -0.3 is 5.32 Å². The molecule has 1 unspecified atom stereocenters. The molecular formula is C6H12N4O. The Kier molecular flexibility index (Phi) is 4.07. The van der Waals surface area contributed by atoms with Gasteiger partial charge >= 0.3 is 0 Å². The van der Waals surface area contributed by atoms with Crippen molar-refractivity contribution >= 4 is 5.91 Å². The van der Waals surface area contributed by atoms with Crippen LogP contribution in [0, 0.1) is 0 Å². The highest BCUT2D eigenvalue weighted by atomic mass is 16.2. The Morgan fingerprint density at radius 1 is 1.55 bits per heavy atom. The predicted molar refractivity (Wildman–Crippen MR) is 41.9 cm³/mol. The van der Waals surface area contributed by atoms with Gasteiger partial charge in [-0.25, -0.2) is 0 Å². The van der Waals surface area contributed by atoms with Crippen molar-refractivity contribution in [3.63, 3.8) is 0 Å². The minimum absolute atomic E-state index is 0.0823. The molecule has 0 spiro atoms. The summed E-state index contributed by atoms with van der Waals surface area (Å²) < 4.78 is 0. The summed E-state index contributed by atoms with van der Waals surface area (Å²) in [6.45, 7) is 5.25. The summed E-state index contributed by atoms with van der Waals surface area (Å²) in [5, 5.41) is 5.87. The van der Waals surface area contributed by atoms with Crippen LogP contribution in [0.2, 0.25) is 0 Å². The molecule has 5 nitrogen and oxygen atoms in total. The van der Waals surface area contributed by atoms with Crippen LogP contribution in [0.15, 0.2) is 5.11 Å². The van der Waals surface area contributed by atoms with E-state index in [9.17, 15) is 4.79 Å². The first-order chi connectivity index (χ1) is 5.07. The number of rotatable bonds is 3. The highest BCUT2D eigenvalue weighted by Crippen LogP contribution is 1.90. The van der Waals surface area contributed by atoms with Gasteiger partial charge in [0.25, 0.3) is 0 Å². The molecule has 0 bridgehead atoms. The zero-order valence-electron chi connectivity index (χ0n) is 6.90. The van der Waals surface area contributed by atoms with E-state index in [0.717, 1.165) is 0 Å². The van der Waals surface area contributed by atoms with Crippen LogP contribution in [-0.2, 0) is 4.79 Å². The van der Waals surface area contributed by atoms with Gasteiger partial charge in [0.2, 0.25) is 5.91 Å². The van der Waals surface area contributed by atoms with Crippen LogP contribution in [0.4, 0.5) is 0 Å². The number of carbonyl (C=O) groups is 1. The summed E-state index contributed by atoms with van der Waals surface area (Å²) in [6, 6.07) is -0.541. The Balaban J connectivity index is 3.92. The molecule has 0 aliphatic heterocycles. The molecule has 11 heavy (non-hydrogen) atoms. The van der Waals surface area contributed by atoms with Gasteiger partial charge in [-0.1, -0.05) is 5.11 Å². The lowest BCUT2D eigenvalue weighted by Gasteiger charge is -2.09. The Hall–Kier alpha value is -1.22. The molecule has 0 fully saturated rings. The monoisotopic (exact) mass is 156 g/mol. The van der Waals surface area contributed by atoms with Crippen molar-refractivity contribution in [2.24, 2.45) is 5.11 Å². The summed E-state index contributed by atoms with van der Waals surface area (Å²) in [5.41, 5.74) is 8.00. The van der Waals surface area contributed by atoms with Crippen molar-refractivity contribution in [2.75, 3.05) is 0 Å². The van der Waals surface area contributed by atoms with E-state index in [0.29, 0.717) is 0 Å². The van der Waals surface area contributed by atoms with E-state index in [1.165, 1.54) is 0 Å². The average Bonchev–Trinajstić information content (AvgIpc) is 1.86. The van der Waals surface area contributed by atoms with Gasteiger partial charge in [-0.2, -0.15) is 0 Å². The Bertz CT molecular complexity index is 183. The fourth-order valence-corrected chi connectivity index (χ4v) is 0.535. The quantitative estimate of drug-likeness (QED) is 0.372. The molecule has 0 heterocycles. The van der Waals surface area contributed by atoms with Crippen LogP contribution in [-0.4, -0.2) is 18.0 Å². The maximum atomic E-state index is 11.0. The second kappa shape index (κ2) is 4.57. The molecule has 0 aliphatic rings. The molecule has 5 heteroatoms. The standard InChI is InChI=1S/C6H12N4O/c1-4(2)8-6(11)5(3)9-10-7/h4-5H,1-3H3,(H,8,11). The number of amides is 1. The van der Waals surface area contributed by atoms with E-state index >= 15 is 0 Å². The van der Waals surface area contributed by atoms with E-state index in [4.69, 9.17) is 5.53 Å². The van der Waals surface area contributed by atoms with Crippen molar-refractivity contribution in [3.05, 3.63) is 10.4 Å². The second-order valence-electron chi connectivity index (χ2n) is 2.54. The number of nitrogens with one attached hydrogen (secondary N) is 1. The Labute approximate surface area is 65.4 Å². The number of azide groups is 1. The van der Waals surface area contributed by atoms with E-state index < -0.39 is 6.04 Å². The first kappa shape index (κ1) is 9.78. The van der Waals surface area contributed by atoms with Crippen molar-refractivity contribution in [2.45, 2.75) is 32.9 Å². The Morgan fingerprint density at radius 2 is 2.09 bits per heavy atom. The minimum atomic E-state index is -0.623. The number of hydrogen-bond donors (Lipinski definition) is 1. The lowest BCUT2D eigenvalue weighted by Crippen LogP contribution is -2.36. The third kappa shape index (κ3) is 4.22. The summed E-state index contributed by atoms with van der Waals surface area (Å²) in [6.07, 6.45) is 0. The number of nitrogens with zero attached hydrogens (tertiary/aromatic N) is 3. The molecule has 1 amide bonds. The second-order valence-corrected chi connectivity index (χ2v) is 2.54. The van der Waals surface area contributed by atoms with Crippen molar-refractivity contribution in [1.29, 1.82) is 0 Å². The number of hydrogen-bond acceptors (Lipinski definition) is 2. The van der Waals surface area contributed by atoms with Crippen LogP contribution >= 0.6 is 0 Å². The summed E-state index contributed by atoms with van der Waals surface area (Å²) in [4.78, 5) is 13.5. The van der Waals surface area contributed by atoms with Crippen LogP contribution < -0.4 is 5.32 Å². The molecule has 0 aromatic carbocycles. The smallest absolute Gasteiger partial charge is 0.228 e. The fraction of sp³-hybridized carbons (Fsp3) is 0.833. The summed E-state index contributed by atoms with van der Waals surface area (Å²) >= 11 is 0. The molecule has 0 radical (unpaired) electrons. The molecule has 0 aliphatic carbocycles. The van der Waals surface area contributed by atoms with Crippen LogP contribution in [0.1, 0.15) is 20.8 Å². The van der Waals surface area contributed by atoms with Gasteiger partial charge in [0.15, 0.2) is 0 Å². The Morgan fingerprint density at radius 3 is 2.45 bits per heavy atom.